The van der Waals surface area contributed by atoms with Crippen molar-refractivity contribution in [3.05, 3.63) is 35.2 Å². The highest BCUT2D eigenvalue weighted by molar-refractivity contribution is 7.17. The molecule has 3 unspecified atom stereocenters. The summed E-state index contributed by atoms with van der Waals surface area (Å²) in [4.78, 5) is 0. The smallest absolute Gasteiger partial charge is 0.0345 e. The molecule has 0 amide bonds. The molecule has 0 aliphatic heterocycles. The van der Waals surface area contributed by atoms with Crippen molar-refractivity contribution in [3.8, 4) is 0 Å². The molecule has 1 nitrogen and oxygen atoms in total. The molecule has 0 bridgehead atoms. The lowest BCUT2D eigenvalue weighted by Gasteiger charge is -2.36. The molecular formula is C19H27NS. The van der Waals surface area contributed by atoms with Gasteiger partial charge in [0.05, 0.1) is 0 Å². The Morgan fingerprint density at radius 1 is 1.19 bits per heavy atom. The minimum Gasteiger partial charge on any atom is -0.314 e. The van der Waals surface area contributed by atoms with Gasteiger partial charge in [0.15, 0.2) is 0 Å². The molecule has 1 saturated carbocycles. The van der Waals surface area contributed by atoms with Crippen LogP contribution >= 0.6 is 11.3 Å². The largest absolute Gasteiger partial charge is 0.314 e. The maximum Gasteiger partial charge on any atom is 0.0345 e. The molecule has 21 heavy (non-hydrogen) atoms. The van der Waals surface area contributed by atoms with Crippen LogP contribution in [-0.2, 0) is 6.42 Å². The highest BCUT2D eigenvalue weighted by Crippen LogP contribution is 2.36. The number of hydrogen-bond acceptors (Lipinski definition) is 2. The fourth-order valence-corrected chi connectivity index (χ4v) is 4.94. The Kier molecular flexibility index (Phi) is 4.97. The highest BCUT2D eigenvalue weighted by atomic mass is 32.1. The highest BCUT2D eigenvalue weighted by Gasteiger charge is 2.29. The van der Waals surface area contributed by atoms with E-state index in [1.54, 1.807) is 5.56 Å². The number of thiophene rings is 1. The van der Waals surface area contributed by atoms with Crippen molar-refractivity contribution >= 4 is 21.4 Å². The molecule has 0 spiro atoms. The fourth-order valence-electron chi connectivity index (χ4n) is 3.96. The zero-order chi connectivity index (χ0) is 14.7. The Morgan fingerprint density at radius 2 is 2.05 bits per heavy atom. The Hall–Kier alpha value is -0.860. The summed E-state index contributed by atoms with van der Waals surface area (Å²) in [6.45, 7) is 5.70. The summed E-state index contributed by atoms with van der Waals surface area (Å²) in [6, 6.07) is 9.59. The third-order valence-corrected chi connectivity index (χ3v) is 6.19. The van der Waals surface area contributed by atoms with E-state index in [1.165, 1.54) is 42.2 Å². The standard InChI is InChI=1S/C19H27NS/c1-3-14-9-10-18(20-4-2)15(11-14)12-16-13-21-19-8-6-5-7-17(16)19/h5-8,13-15,18,20H,3-4,9-12H2,1-2H3. The molecule has 1 aromatic carbocycles. The van der Waals surface area contributed by atoms with Crippen LogP contribution < -0.4 is 5.32 Å². The van der Waals surface area contributed by atoms with Gasteiger partial charge in [-0.15, -0.1) is 11.3 Å². The second-order valence-corrected chi connectivity index (χ2v) is 7.38. The van der Waals surface area contributed by atoms with E-state index in [-0.39, 0.29) is 0 Å². The average molecular weight is 301 g/mol. The van der Waals surface area contributed by atoms with Gasteiger partial charge in [0.1, 0.15) is 0 Å². The van der Waals surface area contributed by atoms with Gasteiger partial charge in [-0.25, -0.2) is 0 Å². The first kappa shape index (κ1) is 15.1. The number of nitrogens with one attached hydrogen (secondary N) is 1. The first-order chi connectivity index (χ1) is 10.3. The van der Waals surface area contributed by atoms with Gasteiger partial charge in [0.2, 0.25) is 0 Å². The number of benzene rings is 1. The molecule has 1 aliphatic rings. The topological polar surface area (TPSA) is 12.0 Å². The van der Waals surface area contributed by atoms with Crippen LogP contribution in [0, 0.1) is 11.8 Å². The van der Waals surface area contributed by atoms with Crippen LogP contribution in [0.25, 0.3) is 10.1 Å². The van der Waals surface area contributed by atoms with Crippen molar-refractivity contribution in [1.29, 1.82) is 0 Å². The molecule has 1 N–H and O–H groups in total. The van der Waals surface area contributed by atoms with Crippen LogP contribution in [0.15, 0.2) is 29.6 Å². The van der Waals surface area contributed by atoms with Crippen LogP contribution in [-0.4, -0.2) is 12.6 Å². The monoisotopic (exact) mass is 301 g/mol. The van der Waals surface area contributed by atoms with Crippen LogP contribution in [0.4, 0.5) is 0 Å². The predicted octanol–water partition coefficient (Wildman–Crippen LogP) is 5.25. The van der Waals surface area contributed by atoms with Gasteiger partial charge >= 0.3 is 0 Å². The van der Waals surface area contributed by atoms with Gasteiger partial charge in [-0.1, -0.05) is 38.5 Å². The second-order valence-electron chi connectivity index (χ2n) is 6.47. The van der Waals surface area contributed by atoms with E-state index in [9.17, 15) is 0 Å². The Morgan fingerprint density at radius 3 is 2.86 bits per heavy atom. The van der Waals surface area contributed by atoms with E-state index in [1.807, 2.05) is 11.3 Å². The summed E-state index contributed by atoms with van der Waals surface area (Å²) >= 11 is 1.90. The molecule has 0 radical (unpaired) electrons. The summed E-state index contributed by atoms with van der Waals surface area (Å²) in [7, 11) is 0. The molecule has 0 saturated heterocycles. The van der Waals surface area contributed by atoms with Crippen molar-refractivity contribution in [2.45, 2.75) is 52.0 Å². The van der Waals surface area contributed by atoms with Gasteiger partial charge in [0, 0.05) is 10.7 Å². The molecule has 3 atom stereocenters. The van der Waals surface area contributed by atoms with Crippen LogP contribution in [0.1, 0.15) is 45.1 Å². The fraction of sp³-hybridized carbons (Fsp3) is 0.579. The lowest BCUT2D eigenvalue weighted by molar-refractivity contribution is 0.200. The molecule has 1 fully saturated rings. The Bertz CT molecular complexity index is 574. The van der Waals surface area contributed by atoms with Crippen molar-refractivity contribution in [2.75, 3.05) is 6.54 Å². The molecule has 114 valence electrons. The third-order valence-electron chi connectivity index (χ3n) is 5.18. The Balaban J connectivity index is 1.79. The minimum atomic E-state index is 0.719. The van der Waals surface area contributed by atoms with E-state index in [2.05, 4.69) is 48.8 Å². The summed E-state index contributed by atoms with van der Waals surface area (Å²) in [5.41, 5.74) is 1.57. The molecular weight excluding hydrogens is 274 g/mol. The number of rotatable bonds is 5. The van der Waals surface area contributed by atoms with Gasteiger partial charge in [-0.05, 0) is 66.5 Å². The van der Waals surface area contributed by atoms with Crippen LogP contribution in [0.2, 0.25) is 0 Å². The van der Waals surface area contributed by atoms with E-state index < -0.39 is 0 Å². The van der Waals surface area contributed by atoms with Crippen LogP contribution in [0.5, 0.6) is 0 Å². The SMILES string of the molecule is CCNC1CCC(CC)CC1Cc1csc2ccccc12. The normalized spacial score (nSPS) is 26.3. The van der Waals surface area contributed by atoms with Crippen molar-refractivity contribution in [1.82, 2.24) is 5.32 Å². The zero-order valence-electron chi connectivity index (χ0n) is 13.3. The molecule has 1 heterocycles. The van der Waals surface area contributed by atoms with Gasteiger partial charge in [-0.2, -0.15) is 0 Å². The molecule has 1 aliphatic carbocycles. The molecule has 3 rings (SSSR count). The summed E-state index contributed by atoms with van der Waals surface area (Å²) in [5.74, 6) is 1.75. The number of fused-ring (bicyclic) bond motifs is 1. The summed E-state index contributed by atoms with van der Waals surface area (Å²) in [6.07, 6.45) is 6.77. The van der Waals surface area contributed by atoms with E-state index in [4.69, 9.17) is 0 Å². The summed E-state index contributed by atoms with van der Waals surface area (Å²) in [5, 5.41) is 7.62. The van der Waals surface area contributed by atoms with Gasteiger partial charge < -0.3 is 5.32 Å². The second kappa shape index (κ2) is 6.93. The molecule has 1 aromatic heterocycles. The number of hydrogen-bond donors (Lipinski definition) is 1. The van der Waals surface area contributed by atoms with E-state index >= 15 is 0 Å². The molecule has 2 aromatic rings. The summed E-state index contributed by atoms with van der Waals surface area (Å²) < 4.78 is 1.44. The zero-order valence-corrected chi connectivity index (χ0v) is 14.1. The van der Waals surface area contributed by atoms with Crippen LogP contribution in [0.3, 0.4) is 0 Å². The lowest BCUT2D eigenvalue weighted by atomic mass is 9.74. The van der Waals surface area contributed by atoms with E-state index in [0.29, 0.717) is 0 Å². The molecule has 2 heteroatoms. The first-order valence-corrected chi connectivity index (χ1v) is 9.38. The predicted molar refractivity (Wildman–Crippen MR) is 94.1 cm³/mol. The average Bonchev–Trinajstić information content (AvgIpc) is 2.92. The lowest BCUT2D eigenvalue weighted by Crippen LogP contribution is -2.41. The maximum absolute atomic E-state index is 3.74. The van der Waals surface area contributed by atoms with Crippen molar-refractivity contribution < 1.29 is 0 Å². The van der Waals surface area contributed by atoms with Crippen molar-refractivity contribution in [3.63, 3.8) is 0 Å². The minimum absolute atomic E-state index is 0.719. The van der Waals surface area contributed by atoms with Gasteiger partial charge in [0.25, 0.3) is 0 Å². The van der Waals surface area contributed by atoms with Gasteiger partial charge in [-0.3, -0.25) is 0 Å². The third kappa shape index (κ3) is 3.32. The quantitative estimate of drug-likeness (QED) is 0.795. The maximum atomic E-state index is 3.74. The van der Waals surface area contributed by atoms with E-state index in [0.717, 1.165) is 24.4 Å². The first-order valence-electron chi connectivity index (χ1n) is 8.50. The Labute approximate surface area is 132 Å². The van der Waals surface area contributed by atoms with Crippen molar-refractivity contribution in [2.24, 2.45) is 11.8 Å².